The predicted molar refractivity (Wildman–Crippen MR) is 61.5 cm³/mol. The van der Waals surface area contributed by atoms with Gasteiger partial charge < -0.3 is 9.64 Å². The molecule has 0 saturated carbocycles. The number of methoxy groups -OCH3 is 1. The van der Waals surface area contributed by atoms with Crippen LogP contribution in [-0.2, 0) is 4.74 Å². The first-order valence-corrected chi connectivity index (χ1v) is 5.46. The van der Waals surface area contributed by atoms with E-state index in [4.69, 9.17) is 10.6 Å². The van der Waals surface area contributed by atoms with E-state index in [0.717, 1.165) is 32.0 Å². The molecule has 0 amide bonds. The molecule has 1 saturated heterocycles. The van der Waals surface area contributed by atoms with Gasteiger partial charge in [-0.1, -0.05) is 13.8 Å². The fourth-order valence-electron chi connectivity index (χ4n) is 1.62. The maximum atomic E-state index is 5.46. The van der Waals surface area contributed by atoms with Crippen LogP contribution in [0.5, 0.6) is 0 Å². The van der Waals surface area contributed by atoms with Crippen LogP contribution in [0.25, 0.3) is 0 Å². The molecule has 0 bridgehead atoms. The van der Waals surface area contributed by atoms with E-state index in [-0.39, 0.29) is 0 Å². The normalized spacial score (nSPS) is 22.6. The topological polar surface area (TPSA) is 62.9 Å². The SMILES string of the molecule is COC1CCN(C(=NCC(C)C)NN)C1. The number of hydrazine groups is 1. The van der Waals surface area contributed by atoms with Crippen LogP contribution in [0, 0.1) is 5.92 Å². The number of nitrogens with one attached hydrogen (secondary N) is 1. The molecule has 0 aromatic heterocycles. The molecule has 0 spiro atoms. The Morgan fingerprint density at radius 3 is 2.87 bits per heavy atom. The number of hydrogen-bond donors (Lipinski definition) is 2. The lowest BCUT2D eigenvalue weighted by atomic mass is 10.2. The van der Waals surface area contributed by atoms with Crippen LogP contribution in [0.3, 0.4) is 0 Å². The van der Waals surface area contributed by atoms with Crippen molar-refractivity contribution in [1.29, 1.82) is 0 Å². The zero-order chi connectivity index (χ0) is 11.3. The third-order valence-electron chi connectivity index (χ3n) is 2.51. The van der Waals surface area contributed by atoms with Crippen LogP contribution < -0.4 is 11.3 Å². The quantitative estimate of drug-likeness (QED) is 0.304. The highest BCUT2D eigenvalue weighted by Gasteiger charge is 2.24. The van der Waals surface area contributed by atoms with Gasteiger partial charge in [-0.25, -0.2) is 5.84 Å². The monoisotopic (exact) mass is 214 g/mol. The van der Waals surface area contributed by atoms with E-state index in [9.17, 15) is 0 Å². The van der Waals surface area contributed by atoms with E-state index in [1.54, 1.807) is 7.11 Å². The summed E-state index contributed by atoms with van der Waals surface area (Å²) in [7, 11) is 1.75. The molecule has 1 aliphatic rings. The molecule has 88 valence electrons. The van der Waals surface area contributed by atoms with Crippen LogP contribution in [0.1, 0.15) is 20.3 Å². The lowest BCUT2D eigenvalue weighted by molar-refractivity contribution is 0.114. The van der Waals surface area contributed by atoms with Crippen molar-refractivity contribution in [3.8, 4) is 0 Å². The first-order chi connectivity index (χ1) is 7.17. The summed E-state index contributed by atoms with van der Waals surface area (Å²) in [5.74, 6) is 6.79. The highest BCUT2D eigenvalue weighted by atomic mass is 16.5. The molecule has 1 atom stereocenters. The standard InChI is InChI=1S/C10H22N4O/c1-8(2)6-12-10(13-11)14-5-4-9(7-14)15-3/h8-9H,4-7,11H2,1-3H3,(H,12,13). The molecule has 0 radical (unpaired) electrons. The number of hydrogen-bond acceptors (Lipinski definition) is 3. The summed E-state index contributed by atoms with van der Waals surface area (Å²) < 4.78 is 5.30. The molecule has 0 aromatic rings. The lowest BCUT2D eigenvalue weighted by Gasteiger charge is -2.20. The number of aliphatic imine (C=N–C) groups is 1. The highest BCUT2D eigenvalue weighted by molar-refractivity contribution is 5.79. The summed E-state index contributed by atoms with van der Waals surface area (Å²) >= 11 is 0. The van der Waals surface area contributed by atoms with Crippen molar-refractivity contribution in [3.05, 3.63) is 0 Å². The second-order valence-electron chi connectivity index (χ2n) is 4.29. The Hall–Kier alpha value is -0.810. The van der Waals surface area contributed by atoms with Crippen molar-refractivity contribution >= 4 is 5.96 Å². The van der Waals surface area contributed by atoms with Gasteiger partial charge in [-0.15, -0.1) is 0 Å². The zero-order valence-electron chi connectivity index (χ0n) is 9.86. The summed E-state index contributed by atoms with van der Waals surface area (Å²) in [5.41, 5.74) is 2.66. The van der Waals surface area contributed by atoms with Crippen LogP contribution in [0.2, 0.25) is 0 Å². The predicted octanol–water partition coefficient (Wildman–Crippen LogP) is 0.182. The molecule has 1 fully saturated rings. The van der Waals surface area contributed by atoms with Gasteiger partial charge in [0.1, 0.15) is 0 Å². The number of ether oxygens (including phenoxy) is 1. The summed E-state index contributed by atoms with van der Waals surface area (Å²) in [6.45, 7) is 6.91. The molecule has 5 nitrogen and oxygen atoms in total. The second kappa shape index (κ2) is 5.92. The smallest absolute Gasteiger partial charge is 0.208 e. The van der Waals surface area contributed by atoms with E-state index in [0.29, 0.717) is 12.0 Å². The molecule has 15 heavy (non-hydrogen) atoms. The van der Waals surface area contributed by atoms with Gasteiger partial charge in [0.15, 0.2) is 0 Å². The Kier molecular flexibility index (Phi) is 4.84. The third-order valence-corrected chi connectivity index (χ3v) is 2.51. The van der Waals surface area contributed by atoms with E-state index >= 15 is 0 Å². The minimum atomic E-state index is 0.308. The lowest BCUT2D eigenvalue weighted by Crippen LogP contribution is -2.44. The molecule has 1 unspecified atom stereocenters. The summed E-state index contributed by atoms with van der Waals surface area (Å²) in [6, 6.07) is 0. The summed E-state index contributed by atoms with van der Waals surface area (Å²) in [6.07, 6.45) is 1.35. The molecule has 1 heterocycles. The van der Waals surface area contributed by atoms with E-state index < -0.39 is 0 Å². The van der Waals surface area contributed by atoms with Crippen molar-refractivity contribution in [3.63, 3.8) is 0 Å². The minimum absolute atomic E-state index is 0.308. The third kappa shape index (κ3) is 3.68. The number of guanidine groups is 1. The summed E-state index contributed by atoms with van der Waals surface area (Å²) in [5, 5.41) is 0. The van der Waals surface area contributed by atoms with Crippen molar-refractivity contribution in [2.45, 2.75) is 26.4 Å². The average Bonchev–Trinajstić information content (AvgIpc) is 2.67. The number of rotatable bonds is 3. The van der Waals surface area contributed by atoms with Gasteiger partial charge in [-0.2, -0.15) is 0 Å². The van der Waals surface area contributed by atoms with Crippen molar-refractivity contribution in [1.82, 2.24) is 10.3 Å². The summed E-state index contributed by atoms with van der Waals surface area (Å²) in [4.78, 5) is 6.58. The molecule has 1 rings (SSSR count). The van der Waals surface area contributed by atoms with Crippen molar-refractivity contribution in [2.75, 3.05) is 26.7 Å². The van der Waals surface area contributed by atoms with Gasteiger partial charge in [0.2, 0.25) is 5.96 Å². The highest BCUT2D eigenvalue weighted by Crippen LogP contribution is 2.11. The van der Waals surface area contributed by atoms with Gasteiger partial charge in [0.25, 0.3) is 0 Å². The Morgan fingerprint density at radius 2 is 2.40 bits per heavy atom. The zero-order valence-corrected chi connectivity index (χ0v) is 9.86. The first kappa shape index (κ1) is 12.3. The molecule has 5 heteroatoms. The molecule has 3 N–H and O–H groups in total. The van der Waals surface area contributed by atoms with Gasteiger partial charge in [-0.05, 0) is 12.3 Å². The maximum Gasteiger partial charge on any atom is 0.208 e. The number of likely N-dealkylation sites (tertiary alicyclic amines) is 1. The minimum Gasteiger partial charge on any atom is -0.380 e. The van der Waals surface area contributed by atoms with Crippen LogP contribution in [0.4, 0.5) is 0 Å². The van der Waals surface area contributed by atoms with Crippen molar-refractivity contribution < 1.29 is 4.74 Å². The largest absolute Gasteiger partial charge is 0.380 e. The fourth-order valence-corrected chi connectivity index (χ4v) is 1.62. The Morgan fingerprint density at radius 1 is 1.67 bits per heavy atom. The molecule has 0 aliphatic carbocycles. The Bertz CT molecular complexity index is 217. The Balaban J connectivity index is 2.48. The van der Waals surface area contributed by atoms with E-state index in [1.807, 2.05) is 0 Å². The number of nitrogens with zero attached hydrogens (tertiary/aromatic N) is 2. The fraction of sp³-hybridized carbons (Fsp3) is 0.900. The van der Waals surface area contributed by atoms with Crippen LogP contribution in [0.15, 0.2) is 4.99 Å². The molecular weight excluding hydrogens is 192 g/mol. The molecule has 0 aromatic carbocycles. The van der Waals surface area contributed by atoms with Gasteiger partial charge in [0, 0.05) is 26.7 Å². The van der Waals surface area contributed by atoms with Crippen LogP contribution >= 0.6 is 0 Å². The number of nitrogens with two attached hydrogens (primary N) is 1. The maximum absolute atomic E-state index is 5.46. The average molecular weight is 214 g/mol. The van der Waals surface area contributed by atoms with Gasteiger partial charge in [0.05, 0.1) is 6.10 Å². The molecular formula is C10H22N4O. The van der Waals surface area contributed by atoms with E-state index in [1.165, 1.54) is 0 Å². The van der Waals surface area contributed by atoms with Crippen LogP contribution in [-0.4, -0.2) is 43.7 Å². The van der Waals surface area contributed by atoms with Crippen molar-refractivity contribution in [2.24, 2.45) is 16.8 Å². The van der Waals surface area contributed by atoms with Gasteiger partial charge in [-0.3, -0.25) is 10.4 Å². The first-order valence-electron chi connectivity index (χ1n) is 5.46. The molecule has 1 aliphatic heterocycles. The van der Waals surface area contributed by atoms with E-state index in [2.05, 4.69) is 29.2 Å². The van der Waals surface area contributed by atoms with Gasteiger partial charge >= 0.3 is 0 Å². The second-order valence-corrected chi connectivity index (χ2v) is 4.29. The Labute approximate surface area is 91.6 Å².